The van der Waals surface area contributed by atoms with Crippen LogP contribution in [0.1, 0.15) is 38.2 Å². The van der Waals surface area contributed by atoms with E-state index in [4.69, 9.17) is 0 Å². The Morgan fingerprint density at radius 2 is 1.81 bits per heavy atom. The van der Waals surface area contributed by atoms with Crippen molar-refractivity contribution in [1.82, 2.24) is 0 Å². The van der Waals surface area contributed by atoms with Gasteiger partial charge in [0.05, 0.1) is 0 Å². The number of anilines is 2. The third-order valence-electron chi connectivity index (χ3n) is 4.98. The van der Waals surface area contributed by atoms with Crippen molar-refractivity contribution in [2.24, 2.45) is 17.8 Å². The fourth-order valence-electron chi connectivity index (χ4n) is 3.89. The maximum atomic E-state index is 12.5. The average molecular weight is 286 g/mol. The topological polar surface area (TPSA) is 58.2 Å². The molecule has 0 heterocycles. The van der Waals surface area contributed by atoms with Gasteiger partial charge in [-0.2, -0.15) is 0 Å². The molecule has 0 saturated heterocycles. The second-order valence-electron chi connectivity index (χ2n) is 6.43. The number of carbonyl (C=O) groups is 2. The fourth-order valence-corrected chi connectivity index (χ4v) is 3.89. The van der Waals surface area contributed by atoms with Crippen LogP contribution in [0.5, 0.6) is 0 Å². The smallest absolute Gasteiger partial charge is 0.227 e. The Bertz CT molecular complexity index is 582. The lowest BCUT2D eigenvalue weighted by Gasteiger charge is -2.21. The summed E-state index contributed by atoms with van der Waals surface area (Å²) in [5, 5.41) is 5.85. The van der Waals surface area contributed by atoms with Crippen LogP contribution >= 0.6 is 0 Å². The maximum absolute atomic E-state index is 12.5. The summed E-state index contributed by atoms with van der Waals surface area (Å²) in [6.45, 7) is 3.40. The lowest BCUT2D eigenvalue weighted by molar-refractivity contribution is -0.121. The number of carbonyl (C=O) groups excluding carboxylic acids is 2. The van der Waals surface area contributed by atoms with Gasteiger partial charge in [-0.15, -0.1) is 0 Å². The minimum atomic E-state index is -0.102. The van der Waals surface area contributed by atoms with E-state index >= 15 is 0 Å². The molecule has 0 spiro atoms. The Labute approximate surface area is 125 Å². The minimum absolute atomic E-state index is 0.102. The highest BCUT2D eigenvalue weighted by atomic mass is 16.2. The predicted molar refractivity (Wildman–Crippen MR) is 83.1 cm³/mol. The van der Waals surface area contributed by atoms with Crippen LogP contribution < -0.4 is 10.6 Å². The summed E-state index contributed by atoms with van der Waals surface area (Å²) < 4.78 is 0. The Balaban J connectivity index is 1.72. The van der Waals surface area contributed by atoms with E-state index in [1.165, 1.54) is 26.2 Å². The summed E-state index contributed by atoms with van der Waals surface area (Å²) >= 11 is 0. The van der Waals surface area contributed by atoms with Gasteiger partial charge in [-0.05, 0) is 55.7 Å². The first-order chi connectivity index (χ1) is 10.0. The van der Waals surface area contributed by atoms with Crippen LogP contribution in [-0.4, -0.2) is 11.8 Å². The van der Waals surface area contributed by atoms with Crippen LogP contribution in [0, 0.1) is 24.7 Å². The van der Waals surface area contributed by atoms with E-state index in [0.717, 1.165) is 29.3 Å². The van der Waals surface area contributed by atoms with Crippen molar-refractivity contribution in [3.8, 4) is 0 Å². The Kier molecular flexibility index (Phi) is 3.70. The molecule has 21 heavy (non-hydrogen) atoms. The molecule has 2 saturated carbocycles. The molecule has 2 aliphatic rings. The molecule has 1 aromatic rings. The van der Waals surface area contributed by atoms with Gasteiger partial charge < -0.3 is 10.6 Å². The molecule has 2 fully saturated rings. The highest BCUT2D eigenvalue weighted by Crippen LogP contribution is 2.48. The molecule has 2 N–H and O–H groups in total. The normalized spacial score (nSPS) is 26.7. The second kappa shape index (κ2) is 5.51. The molecule has 4 nitrogen and oxygen atoms in total. The molecule has 112 valence electrons. The van der Waals surface area contributed by atoms with Crippen molar-refractivity contribution in [3.05, 3.63) is 23.8 Å². The van der Waals surface area contributed by atoms with Gasteiger partial charge in [0.1, 0.15) is 0 Å². The zero-order chi connectivity index (χ0) is 15.0. The highest BCUT2D eigenvalue weighted by molar-refractivity contribution is 5.96. The summed E-state index contributed by atoms with van der Waals surface area (Å²) in [6.07, 6.45) is 4.77. The number of hydrogen-bond donors (Lipinski definition) is 2. The second-order valence-corrected chi connectivity index (χ2v) is 6.43. The first kappa shape index (κ1) is 14.1. The van der Waals surface area contributed by atoms with E-state index in [1.807, 2.05) is 25.1 Å². The van der Waals surface area contributed by atoms with E-state index in [-0.39, 0.29) is 17.7 Å². The molecule has 4 heteroatoms. The lowest BCUT2D eigenvalue weighted by Crippen LogP contribution is -2.27. The van der Waals surface area contributed by atoms with Crippen LogP contribution in [0.4, 0.5) is 11.4 Å². The van der Waals surface area contributed by atoms with Gasteiger partial charge in [0, 0.05) is 24.2 Å². The fraction of sp³-hybridized carbons (Fsp3) is 0.529. The number of nitrogens with one attached hydrogen (secondary N) is 2. The van der Waals surface area contributed by atoms with Gasteiger partial charge in [0.25, 0.3) is 0 Å². The van der Waals surface area contributed by atoms with E-state index < -0.39 is 0 Å². The van der Waals surface area contributed by atoms with Crippen LogP contribution in [0.3, 0.4) is 0 Å². The van der Waals surface area contributed by atoms with Crippen LogP contribution in [-0.2, 0) is 9.59 Å². The van der Waals surface area contributed by atoms with Crippen molar-refractivity contribution in [1.29, 1.82) is 0 Å². The largest absolute Gasteiger partial charge is 0.326 e. The van der Waals surface area contributed by atoms with Gasteiger partial charge in [-0.1, -0.05) is 12.5 Å². The predicted octanol–water partition coefficient (Wildman–Crippen LogP) is 3.33. The minimum Gasteiger partial charge on any atom is -0.326 e. The van der Waals surface area contributed by atoms with Gasteiger partial charge >= 0.3 is 0 Å². The van der Waals surface area contributed by atoms with Crippen molar-refractivity contribution >= 4 is 23.2 Å². The highest BCUT2D eigenvalue weighted by Gasteiger charge is 2.43. The van der Waals surface area contributed by atoms with E-state index in [0.29, 0.717) is 5.92 Å². The van der Waals surface area contributed by atoms with Gasteiger partial charge in [-0.3, -0.25) is 9.59 Å². The third-order valence-corrected chi connectivity index (χ3v) is 4.98. The number of amides is 2. The molecule has 3 rings (SSSR count). The summed E-state index contributed by atoms with van der Waals surface area (Å²) in [6, 6.07) is 5.60. The number of hydrogen-bond acceptors (Lipinski definition) is 2. The van der Waals surface area contributed by atoms with Crippen molar-refractivity contribution in [2.45, 2.75) is 39.5 Å². The van der Waals surface area contributed by atoms with Crippen LogP contribution in [0.15, 0.2) is 18.2 Å². The van der Waals surface area contributed by atoms with Crippen molar-refractivity contribution in [2.75, 3.05) is 10.6 Å². The van der Waals surface area contributed by atoms with Gasteiger partial charge in [-0.25, -0.2) is 0 Å². The maximum Gasteiger partial charge on any atom is 0.227 e. The first-order valence-electron chi connectivity index (χ1n) is 7.72. The van der Waals surface area contributed by atoms with Crippen molar-refractivity contribution in [3.63, 3.8) is 0 Å². The van der Waals surface area contributed by atoms with E-state index in [9.17, 15) is 9.59 Å². The Morgan fingerprint density at radius 1 is 1.10 bits per heavy atom. The van der Waals surface area contributed by atoms with Gasteiger partial charge in [0.15, 0.2) is 0 Å². The van der Waals surface area contributed by atoms with E-state index in [2.05, 4.69) is 10.6 Å². The molecule has 0 radical (unpaired) electrons. The van der Waals surface area contributed by atoms with Crippen molar-refractivity contribution < 1.29 is 9.59 Å². The molecular weight excluding hydrogens is 264 g/mol. The van der Waals surface area contributed by atoms with Crippen LogP contribution in [0.25, 0.3) is 0 Å². The molecular formula is C17H22N2O2. The summed E-state index contributed by atoms with van der Waals surface area (Å²) in [7, 11) is 0. The molecule has 1 aromatic carbocycles. The monoisotopic (exact) mass is 286 g/mol. The standard InChI is InChI=1S/C17H22N2O2/c1-10-15(18-11(2)20)4-3-5-16(10)19-17(21)14-9-12-6-7-13(14)8-12/h3-5,12-14H,6-9H2,1-2H3,(H,18,20)(H,19,21). The first-order valence-corrected chi connectivity index (χ1v) is 7.72. The molecule has 3 unspecified atom stereocenters. The zero-order valence-electron chi connectivity index (χ0n) is 12.6. The summed E-state index contributed by atoms with van der Waals surface area (Å²) in [5.41, 5.74) is 2.46. The molecule has 0 aliphatic heterocycles. The quantitative estimate of drug-likeness (QED) is 0.895. The number of rotatable bonds is 3. The summed E-state index contributed by atoms with van der Waals surface area (Å²) in [5.74, 6) is 1.55. The lowest BCUT2D eigenvalue weighted by atomic mass is 9.88. The average Bonchev–Trinajstić information content (AvgIpc) is 3.05. The number of benzene rings is 1. The molecule has 2 amide bonds. The molecule has 2 aliphatic carbocycles. The zero-order valence-corrected chi connectivity index (χ0v) is 12.6. The molecule has 2 bridgehead atoms. The third kappa shape index (κ3) is 2.80. The number of fused-ring (bicyclic) bond motifs is 2. The summed E-state index contributed by atoms with van der Waals surface area (Å²) in [4.78, 5) is 23.7. The van der Waals surface area contributed by atoms with Gasteiger partial charge in [0.2, 0.25) is 11.8 Å². The Morgan fingerprint density at radius 3 is 2.38 bits per heavy atom. The van der Waals surface area contributed by atoms with Crippen LogP contribution in [0.2, 0.25) is 0 Å². The SMILES string of the molecule is CC(=O)Nc1cccc(NC(=O)C2CC3CCC2C3)c1C. The molecule has 0 aromatic heterocycles. The van der Waals surface area contributed by atoms with E-state index in [1.54, 1.807) is 0 Å². The molecule has 3 atom stereocenters. The Hall–Kier alpha value is -1.84.